The molecule has 0 aliphatic heterocycles. The van der Waals surface area contributed by atoms with Gasteiger partial charge in [-0.15, -0.1) is 0 Å². The molecular formula is C19H21NO4. The molecule has 1 amide bonds. The fourth-order valence-electron chi connectivity index (χ4n) is 2.27. The second-order valence-corrected chi connectivity index (χ2v) is 5.42. The maximum Gasteiger partial charge on any atom is 0.307 e. The van der Waals surface area contributed by atoms with Crippen LogP contribution in [-0.4, -0.2) is 23.6 Å². The third-order valence-corrected chi connectivity index (χ3v) is 3.44. The Morgan fingerprint density at radius 3 is 2.46 bits per heavy atom. The van der Waals surface area contributed by atoms with Crippen molar-refractivity contribution in [2.45, 2.75) is 25.9 Å². The van der Waals surface area contributed by atoms with Gasteiger partial charge in [0.1, 0.15) is 0 Å². The van der Waals surface area contributed by atoms with Crippen molar-refractivity contribution in [2.75, 3.05) is 11.9 Å². The van der Waals surface area contributed by atoms with Gasteiger partial charge in [-0.3, -0.25) is 9.59 Å². The number of carbonyl (C=O) groups is 2. The maximum atomic E-state index is 12.0. The number of carbonyl (C=O) groups excluding carboxylic acids is 1. The molecule has 2 aromatic rings. The third kappa shape index (κ3) is 6.22. The van der Waals surface area contributed by atoms with E-state index < -0.39 is 5.97 Å². The average Bonchev–Trinajstić information content (AvgIpc) is 2.57. The van der Waals surface area contributed by atoms with Gasteiger partial charge < -0.3 is 15.2 Å². The van der Waals surface area contributed by atoms with Crippen molar-refractivity contribution in [2.24, 2.45) is 0 Å². The van der Waals surface area contributed by atoms with Crippen LogP contribution in [-0.2, 0) is 27.4 Å². The smallest absolute Gasteiger partial charge is 0.307 e. The van der Waals surface area contributed by atoms with Gasteiger partial charge >= 0.3 is 5.97 Å². The van der Waals surface area contributed by atoms with Crippen molar-refractivity contribution < 1.29 is 19.4 Å². The first-order valence-electron chi connectivity index (χ1n) is 7.86. The summed E-state index contributed by atoms with van der Waals surface area (Å²) in [6.45, 7) is 1.03. The van der Waals surface area contributed by atoms with Gasteiger partial charge in [-0.2, -0.15) is 0 Å². The Bertz CT molecular complexity index is 670. The van der Waals surface area contributed by atoms with Crippen molar-refractivity contribution in [3.63, 3.8) is 0 Å². The summed E-state index contributed by atoms with van der Waals surface area (Å²) in [5.41, 5.74) is 2.25. The number of ether oxygens (including phenoxy) is 1. The van der Waals surface area contributed by atoms with E-state index >= 15 is 0 Å². The van der Waals surface area contributed by atoms with Crippen molar-refractivity contribution >= 4 is 17.6 Å². The van der Waals surface area contributed by atoms with E-state index in [4.69, 9.17) is 9.84 Å². The molecule has 0 saturated carbocycles. The van der Waals surface area contributed by atoms with Gasteiger partial charge in [0.2, 0.25) is 5.91 Å². The van der Waals surface area contributed by atoms with Crippen LogP contribution in [0.3, 0.4) is 0 Å². The highest BCUT2D eigenvalue weighted by Gasteiger charge is 2.09. The minimum Gasteiger partial charge on any atom is -0.481 e. The number of anilines is 1. The lowest BCUT2D eigenvalue weighted by molar-refractivity contribution is -0.136. The molecule has 0 aliphatic rings. The lowest BCUT2D eigenvalue weighted by atomic mass is 10.1. The van der Waals surface area contributed by atoms with E-state index in [2.05, 4.69) is 5.32 Å². The Labute approximate surface area is 141 Å². The van der Waals surface area contributed by atoms with E-state index in [0.717, 1.165) is 5.56 Å². The van der Waals surface area contributed by atoms with Gasteiger partial charge in [0.15, 0.2) is 0 Å². The first kappa shape index (κ1) is 17.7. The molecule has 0 aromatic heterocycles. The molecule has 126 valence electrons. The van der Waals surface area contributed by atoms with E-state index in [9.17, 15) is 9.59 Å². The van der Waals surface area contributed by atoms with Crippen molar-refractivity contribution in [3.8, 4) is 0 Å². The first-order chi connectivity index (χ1) is 11.6. The molecule has 0 fully saturated rings. The zero-order valence-corrected chi connectivity index (χ0v) is 13.4. The summed E-state index contributed by atoms with van der Waals surface area (Å²) in [5.74, 6) is -1.07. The van der Waals surface area contributed by atoms with Crippen LogP contribution >= 0.6 is 0 Å². The monoisotopic (exact) mass is 327 g/mol. The third-order valence-electron chi connectivity index (χ3n) is 3.44. The molecule has 2 rings (SSSR count). The molecule has 0 spiro atoms. The van der Waals surface area contributed by atoms with Crippen LogP contribution in [0.1, 0.15) is 24.0 Å². The molecule has 24 heavy (non-hydrogen) atoms. The van der Waals surface area contributed by atoms with E-state index in [1.165, 1.54) is 0 Å². The number of hydrogen-bond acceptors (Lipinski definition) is 3. The number of carboxylic acid groups (broad SMARTS) is 1. The summed E-state index contributed by atoms with van der Waals surface area (Å²) in [4.78, 5) is 22.8. The summed E-state index contributed by atoms with van der Waals surface area (Å²) in [5, 5.41) is 11.7. The lowest BCUT2D eigenvalue weighted by Crippen LogP contribution is -2.14. The average molecular weight is 327 g/mol. The molecule has 2 N–H and O–H groups in total. The first-order valence-corrected chi connectivity index (χ1v) is 7.86. The fourth-order valence-corrected chi connectivity index (χ4v) is 2.27. The highest BCUT2D eigenvalue weighted by atomic mass is 16.5. The number of rotatable bonds is 9. The molecule has 0 heterocycles. The number of aliphatic carboxylic acids is 1. The lowest BCUT2D eigenvalue weighted by Gasteiger charge is -2.10. The predicted octanol–water partition coefficient (Wildman–Crippen LogP) is 3.25. The second kappa shape index (κ2) is 9.47. The van der Waals surface area contributed by atoms with Gasteiger partial charge in [0, 0.05) is 18.7 Å². The summed E-state index contributed by atoms with van der Waals surface area (Å²) in [6, 6.07) is 16.8. The van der Waals surface area contributed by atoms with Crippen LogP contribution < -0.4 is 5.32 Å². The number of amides is 1. The summed E-state index contributed by atoms with van der Waals surface area (Å²) >= 11 is 0. The SMILES string of the molecule is O=C(O)Cc1ccccc1NC(=O)CCCOCc1ccccc1. The van der Waals surface area contributed by atoms with Crippen LogP contribution in [0.15, 0.2) is 54.6 Å². The van der Waals surface area contributed by atoms with Crippen LogP contribution in [0.2, 0.25) is 0 Å². The Balaban J connectivity index is 1.71. The van der Waals surface area contributed by atoms with Crippen molar-refractivity contribution in [1.82, 2.24) is 0 Å². The fraction of sp³-hybridized carbons (Fsp3) is 0.263. The number of hydrogen-bond donors (Lipinski definition) is 2. The van der Waals surface area contributed by atoms with Crippen LogP contribution in [0, 0.1) is 0 Å². The van der Waals surface area contributed by atoms with Crippen molar-refractivity contribution in [3.05, 3.63) is 65.7 Å². The summed E-state index contributed by atoms with van der Waals surface area (Å²) in [7, 11) is 0. The Kier molecular flexibility index (Phi) is 6.98. The van der Waals surface area contributed by atoms with Gasteiger partial charge in [0.25, 0.3) is 0 Å². The van der Waals surface area contributed by atoms with E-state index in [1.807, 2.05) is 30.3 Å². The molecule has 5 heteroatoms. The van der Waals surface area contributed by atoms with Gasteiger partial charge in [-0.05, 0) is 23.6 Å². The minimum absolute atomic E-state index is 0.114. The normalized spacial score (nSPS) is 10.3. The van der Waals surface area contributed by atoms with Crippen LogP contribution in [0.4, 0.5) is 5.69 Å². The van der Waals surface area contributed by atoms with E-state index in [0.29, 0.717) is 37.3 Å². The molecule has 0 unspecified atom stereocenters. The van der Waals surface area contributed by atoms with Gasteiger partial charge in [-0.1, -0.05) is 48.5 Å². The van der Waals surface area contributed by atoms with E-state index in [1.54, 1.807) is 24.3 Å². The molecule has 0 bridgehead atoms. The zero-order valence-electron chi connectivity index (χ0n) is 13.4. The van der Waals surface area contributed by atoms with E-state index in [-0.39, 0.29) is 12.3 Å². The number of nitrogens with one attached hydrogen (secondary N) is 1. The highest BCUT2D eigenvalue weighted by Crippen LogP contribution is 2.16. The second-order valence-electron chi connectivity index (χ2n) is 5.42. The largest absolute Gasteiger partial charge is 0.481 e. The van der Waals surface area contributed by atoms with Crippen molar-refractivity contribution in [1.29, 1.82) is 0 Å². The highest BCUT2D eigenvalue weighted by molar-refractivity contribution is 5.92. The number of para-hydroxylation sites is 1. The summed E-state index contributed by atoms with van der Waals surface area (Å²) < 4.78 is 5.54. The Hall–Kier alpha value is -2.66. The topological polar surface area (TPSA) is 75.6 Å². The maximum absolute atomic E-state index is 12.0. The Morgan fingerprint density at radius 2 is 1.71 bits per heavy atom. The molecule has 0 saturated heterocycles. The van der Waals surface area contributed by atoms with Gasteiger partial charge in [-0.25, -0.2) is 0 Å². The molecular weight excluding hydrogens is 306 g/mol. The summed E-state index contributed by atoms with van der Waals surface area (Å²) in [6.07, 6.45) is 0.826. The Morgan fingerprint density at radius 1 is 1.00 bits per heavy atom. The number of carboxylic acids is 1. The van der Waals surface area contributed by atoms with Crippen LogP contribution in [0.5, 0.6) is 0 Å². The standard InChI is InChI=1S/C19H21NO4/c21-18(11-6-12-24-14-15-7-2-1-3-8-15)20-17-10-5-4-9-16(17)13-19(22)23/h1-5,7-10H,6,11-14H2,(H,20,21)(H,22,23). The quantitative estimate of drug-likeness (QED) is 0.693. The minimum atomic E-state index is -0.925. The van der Waals surface area contributed by atoms with Crippen LogP contribution in [0.25, 0.3) is 0 Å². The molecule has 0 radical (unpaired) electrons. The predicted molar refractivity (Wildman–Crippen MR) is 91.7 cm³/mol. The number of benzene rings is 2. The zero-order chi connectivity index (χ0) is 17.2. The molecule has 5 nitrogen and oxygen atoms in total. The molecule has 0 aliphatic carbocycles. The van der Waals surface area contributed by atoms with Gasteiger partial charge in [0.05, 0.1) is 13.0 Å². The molecule has 2 aromatic carbocycles. The molecule has 0 atom stereocenters.